The molecular weight excluding hydrogens is 240 g/mol. The molecule has 2 rings (SSSR count). The highest BCUT2D eigenvalue weighted by Crippen LogP contribution is 2.33. The summed E-state index contributed by atoms with van der Waals surface area (Å²) in [5.74, 6) is -1.51. The average Bonchev–Trinajstić information content (AvgIpc) is 2.77. The van der Waals surface area contributed by atoms with Gasteiger partial charge in [-0.1, -0.05) is 0 Å². The van der Waals surface area contributed by atoms with Gasteiger partial charge in [-0.05, 0) is 27.7 Å². The van der Waals surface area contributed by atoms with Gasteiger partial charge in [0, 0.05) is 0 Å². The number of hydrogen-bond donors (Lipinski definition) is 2. The summed E-state index contributed by atoms with van der Waals surface area (Å²) in [6.45, 7) is 7.17. The second-order valence-corrected chi connectivity index (χ2v) is 5.68. The number of aliphatic hydroxyl groups excluding tert-OH is 2. The van der Waals surface area contributed by atoms with Crippen molar-refractivity contribution < 1.29 is 29.2 Å². The van der Waals surface area contributed by atoms with Crippen LogP contribution in [0.4, 0.5) is 0 Å². The van der Waals surface area contributed by atoms with Crippen molar-refractivity contribution in [2.75, 3.05) is 13.2 Å². The van der Waals surface area contributed by atoms with Crippen molar-refractivity contribution in [2.45, 2.75) is 63.7 Å². The molecule has 2 heterocycles. The van der Waals surface area contributed by atoms with Crippen molar-refractivity contribution >= 4 is 0 Å². The first-order valence-electron chi connectivity index (χ1n) is 6.20. The molecule has 0 aromatic heterocycles. The molecule has 0 aromatic rings. The quantitative estimate of drug-likeness (QED) is 0.746. The van der Waals surface area contributed by atoms with E-state index < -0.39 is 36.0 Å². The van der Waals surface area contributed by atoms with E-state index >= 15 is 0 Å². The van der Waals surface area contributed by atoms with Crippen LogP contribution in [0.2, 0.25) is 0 Å². The van der Waals surface area contributed by atoms with E-state index in [2.05, 4.69) is 0 Å². The molecule has 2 N–H and O–H groups in total. The lowest BCUT2D eigenvalue weighted by Crippen LogP contribution is -2.45. The Bertz CT molecular complexity index is 303. The van der Waals surface area contributed by atoms with Crippen LogP contribution < -0.4 is 0 Å². The van der Waals surface area contributed by atoms with E-state index in [9.17, 15) is 10.2 Å². The molecule has 18 heavy (non-hydrogen) atoms. The van der Waals surface area contributed by atoms with E-state index in [0.717, 1.165) is 0 Å². The zero-order valence-electron chi connectivity index (χ0n) is 11.3. The monoisotopic (exact) mass is 262 g/mol. The predicted octanol–water partition coefficient (Wildman–Crippen LogP) is 0.0112. The van der Waals surface area contributed by atoms with E-state index in [0.29, 0.717) is 6.61 Å². The topological polar surface area (TPSA) is 77.4 Å². The van der Waals surface area contributed by atoms with Crippen LogP contribution in [0.1, 0.15) is 27.7 Å². The molecule has 6 heteroatoms. The molecule has 4 atom stereocenters. The highest BCUT2D eigenvalue weighted by Gasteiger charge is 2.49. The molecule has 0 bridgehead atoms. The van der Waals surface area contributed by atoms with E-state index in [1.807, 2.05) is 0 Å². The minimum absolute atomic E-state index is 0.206. The van der Waals surface area contributed by atoms with Crippen molar-refractivity contribution in [1.82, 2.24) is 0 Å². The summed E-state index contributed by atoms with van der Waals surface area (Å²) in [7, 11) is 0. The SMILES string of the molecule is CC1(C)O[C@@H]([C@H](O)[C@H]2COC(C)(C)O2)[C@H](CO)O1. The first kappa shape index (κ1) is 14.2. The molecular formula is C12H22O6. The van der Waals surface area contributed by atoms with Crippen molar-refractivity contribution in [3.63, 3.8) is 0 Å². The van der Waals surface area contributed by atoms with Crippen LogP contribution in [-0.2, 0) is 18.9 Å². The molecule has 0 aliphatic carbocycles. The van der Waals surface area contributed by atoms with Crippen LogP contribution in [0, 0.1) is 0 Å². The maximum absolute atomic E-state index is 10.3. The molecule has 6 nitrogen and oxygen atoms in total. The van der Waals surface area contributed by atoms with Crippen LogP contribution in [0.3, 0.4) is 0 Å². The predicted molar refractivity (Wildman–Crippen MR) is 61.8 cm³/mol. The minimum Gasteiger partial charge on any atom is -0.394 e. The zero-order valence-corrected chi connectivity index (χ0v) is 11.3. The maximum atomic E-state index is 10.3. The van der Waals surface area contributed by atoms with Gasteiger partial charge in [-0.25, -0.2) is 0 Å². The highest BCUT2D eigenvalue weighted by molar-refractivity contribution is 4.91. The van der Waals surface area contributed by atoms with Crippen molar-refractivity contribution in [3.05, 3.63) is 0 Å². The van der Waals surface area contributed by atoms with Crippen LogP contribution in [0.5, 0.6) is 0 Å². The van der Waals surface area contributed by atoms with E-state index in [1.165, 1.54) is 0 Å². The summed E-state index contributed by atoms with van der Waals surface area (Å²) in [5.41, 5.74) is 0. The minimum atomic E-state index is -0.898. The third kappa shape index (κ3) is 2.84. The normalized spacial score (nSPS) is 40.0. The average molecular weight is 262 g/mol. The third-order valence-corrected chi connectivity index (χ3v) is 3.15. The molecule has 0 unspecified atom stereocenters. The molecule has 0 aromatic carbocycles. The molecule has 2 fully saturated rings. The van der Waals surface area contributed by atoms with E-state index in [4.69, 9.17) is 18.9 Å². The van der Waals surface area contributed by atoms with Gasteiger partial charge in [-0.2, -0.15) is 0 Å². The van der Waals surface area contributed by atoms with Gasteiger partial charge < -0.3 is 29.2 Å². The third-order valence-electron chi connectivity index (χ3n) is 3.15. The summed E-state index contributed by atoms with van der Waals surface area (Å²) < 4.78 is 22.1. The molecule has 0 amide bonds. The Hall–Kier alpha value is -0.240. The lowest BCUT2D eigenvalue weighted by Gasteiger charge is -2.26. The zero-order chi connectivity index (χ0) is 13.6. The number of aliphatic hydroxyl groups is 2. The van der Waals surface area contributed by atoms with Crippen molar-refractivity contribution in [2.24, 2.45) is 0 Å². The smallest absolute Gasteiger partial charge is 0.164 e. The molecule has 106 valence electrons. The fourth-order valence-corrected chi connectivity index (χ4v) is 2.39. The fourth-order valence-electron chi connectivity index (χ4n) is 2.39. The van der Waals surface area contributed by atoms with Gasteiger partial charge in [0.1, 0.15) is 24.4 Å². The van der Waals surface area contributed by atoms with Crippen molar-refractivity contribution in [1.29, 1.82) is 0 Å². The molecule has 0 saturated carbocycles. The Morgan fingerprint density at radius 1 is 1.11 bits per heavy atom. The van der Waals surface area contributed by atoms with Crippen molar-refractivity contribution in [3.8, 4) is 0 Å². The van der Waals surface area contributed by atoms with Gasteiger partial charge in [0.25, 0.3) is 0 Å². The first-order chi connectivity index (χ1) is 8.24. The largest absolute Gasteiger partial charge is 0.394 e. The summed E-state index contributed by atoms with van der Waals surface area (Å²) in [4.78, 5) is 0. The van der Waals surface area contributed by atoms with E-state index in [-0.39, 0.29) is 6.61 Å². The van der Waals surface area contributed by atoms with Gasteiger partial charge in [-0.15, -0.1) is 0 Å². The van der Waals surface area contributed by atoms with Gasteiger partial charge in [0.15, 0.2) is 11.6 Å². The Morgan fingerprint density at radius 2 is 1.78 bits per heavy atom. The molecule has 0 spiro atoms. The Kier molecular flexibility index (Phi) is 3.70. The summed E-state index contributed by atoms with van der Waals surface area (Å²) >= 11 is 0. The second kappa shape index (κ2) is 4.70. The summed E-state index contributed by atoms with van der Waals surface area (Å²) in [5, 5.41) is 19.6. The lowest BCUT2D eigenvalue weighted by atomic mass is 10.0. The molecule has 2 aliphatic heterocycles. The second-order valence-electron chi connectivity index (χ2n) is 5.68. The van der Waals surface area contributed by atoms with Crippen LogP contribution in [0.15, 0.2) is 0 Å². The fraction of sp³-hybridized carbons (Fsp3) is 1.00. The number of ether oxygens (including phenoxy) is 4. The van der Waals surface area contributed by atoms with Gasteiger partial charge in [0.2, 0.25) is 0 Å². The number of hydrogen-bond acceptors (Lipinski definition) is 6. The van der Waals surface area contributed by atoms with Crippen LogP contribution in [0.25, 0.3) is 0 Å². The summed E-state index contributed by atoms with van der Waals surface area (Å²) in [6, 6.07) is 0. The Morgan fingerprint density at radius 3 is 2.28 bits per heavy atom. The Balaban J connectivity index is 2.02. The molecule has 2 aliphatic rings. The van der Waals surface area contributed by atoms with Gasteiger partial charge in [-0.3, -0.25) is 0 Å². The van der Waals surface area contributed by atoms with Crippen LogP contribution >= 0.6 is 0 Å². The van der Waals surface area contributed by atoms with Crippen LogP contribution in [-0.4, -0.2) is 59.4 Å². The molecule has 2 saturated heterocycles. The maximum Gasteiger partial charge on any atom is 0.164 e. The Labute approximate surface area is 107 Å². The summed E-state index contributed by atoms with van der Waals surface area (Å²) in [6.07, 6.45) is -2.54. The van der Waals surface area contributed by atoms with Gasteiger partial charge >= 0.3 is 0 Å². The highest BCUT2D eigenvalue weighted by atomic mass is 16.8. The molecule has 0 radical (unpaired) electrons. The lowest BCUT2D eigenvalue weighted by molar-refractivity contribution is -0.178. The first-order valence-corrected chi connectivity index (χ1v) is 6.20. The van der Waals surface area contributed by atoms with E-state index in [1.54, 1.807) is 27.7 Å². The standard InChI is InChI=1S/C12H22O6/c1-11(2)15-6-8(17-11)9(14)10-7(5-13)16-12(3,4)18-10/h7-10,13-14H,5-6H2,1-4H3/t7-,8+,9+,10+/m0/s1. The van der Waals surface area contributed by atoms with Gasteiger partial charge in [0.05, 0.1) is 13.2 Å². The number of rotatable bonds is 3.